The van der Waals surface area contributed by atoms with Crippen LogP contribution >= 0.6 is 0 Å². The molecule has 2 heterocycles. The highest BCUT2D eigenvalue weighted by molar-refractivity contribution is 5.85. The maximum atomic E-state index is 13.0. The molecule has 1 aliphatic rings. The molecule has 0 atom stereocenters. The topological polar surface area (TPSA) is 37.3 Å². The van der Waals surface area contributed by atoms with Crippen LogP contribution in [0.1, 0.15) is 48.1 Å². The van der Waals surface area contributed by atoms with Crippen molar-refractivity contribution in [1.82, 2.24) is 4.98 Å². The Bertz CT molecular complexity index is 737. The molecule has 0 radical (unpaired) electrons. The lowest BCUT2D eigenvalue weighted by atomic mass is 10.0. The van der Waals surface area contributed by atoms with Crippen LogP contribution in [0.2, 0.25) is 0 Å². The smallest absolute Gasteiger partial charge is 0.198 e. The third-order valence-corrected chi connectivity index (χ3v) is 5.13. The Morgan fingerprint density at radius 1 is 1.00 bits per heavy atom. The summed E-state index contributed by atoms with van der Waals surface area (Å²) in [4.78, 5) is 18.1. The number of likely N-dealkylation sites (tertiary alicyclic amines) is 1. The molecule has 3 heteroatoms. The van der Waals surface area contributed by atoms with Gasteiger partial charge in [-0.05, 0) is 57.6 Å². The van der Waals surface area contributed by atoms with Crippen LogP contribution in [0.15, 0.2) is 16.9 Å². The molecule has 1 aromatic carbocycles. The van der Waals surface area contributed by atoms with Crippen LogP contribution < -0.4 is 10.3 Å². The lowest BCUT2D eigenvalue weighted by Gasteiger charge is -2.18. The number of aromatic nitrogens is 1. The maximum absolute atomic E-state index is 13.0. The number of aryl methyl sites for hydroxylation is 3. The van der Waals surface area contributed by atoms with Crippen molar-refractivity contribution in [3.8, 4) is 0 Å². The Kier molecular flexibility index (Phi) is 4.34. The zero-order valence-electron chi connectivity index (χ0n) is 14.0. The van der Waals surface area contributed by atoms with E-state index in [1.54, 1.807) is 4.90 Å². The predicted octanol–water partition coefficient (Wildman–Crippen LogP) is 2.41. The molecular formula is C19H27N2O+. The van der Waals surface area contributed by atoms with Crippen LogP contribution in [-0.4, -0.2) is 18.1 Å². The summed E-state index contributed by atoms with van der Waals surface area (Å²) >= 11 is 0. The van der Waals surface area contributed by atoms with Crippen molar-refractivity contribution in [3.05, 3.63) is 44.7 Å². The van der Waals surface area contributed by atoms with Crippen molar-refractivity contribution in [3.63, 3.8) is 0 Å². The number of aromatic amines is 1. The Morgan fingerprint density at radius 2 is 1.64 bits per heavy atom. The molecule has 1 aromatic heterocycles. The number of nitrogens with one attached hydrogen (secondary N) is 2. The van der Waals surface area contributed by atoms with Gasteiger partial charge >= 0.3 is 0 Å². The summed E-state index contributed by atoms with van der Waals surface area (Å²) in [5, 5.41) is 0.884. The molecule has 2 N–H and O–H groups in total. The van der Waals surface area contributed by atoms with Crippen molar-refractivity contribution in [2.75, 3.05) is 13.1 Å². The second kappa shape index (κ2) is 6.25. The molecule has 1 saturated heterocycles. The standard InChI is InChI=1S/C19H26N2O/c1-13-8-9-14(2)18-17(13)19(22)16(15(3)20-18)12-21-10-6-4-5-7-11-21/h8-9H,4-7,10-12H2,1-3H3,(H,20,22)/p+1. The first kappa shape index (κ1) is 15.3. The van der Waals surface area contributed by atoms with Gasteiger partial charge in [-0.2, -0.15) is 0 Å². The highest BCUT2D eigenvalue weighted by atomic mass is 16.1. The van der Waals surface area contributed by atoms with Crippen LogP contribution in [-0.2, 0) is 6.54 Å². The molecular weight excluding hydrogens is 272 g/mol. The van der Waals surface area contributed by atoms with Gasteiger partial charge in [0.1, 0.15) is 6.54 Å². The number of H-pyrrole nitrogens is 1. The lowest BCUT2D eigenvalue weighted by Crippen LogP contribution is -3.10. The van der Waals surface area contributed by atoms with Gasteiger partial charge in [-0.15, -0.1) is 0 Å². The third kappa shape index (κ3) is 2.82. The predicted molar refractivity (Wildman–Crippen MR) is 91.6 cm³/mol. The van der Waals surface area contributed by atoms with Crippen LogP contribution in [0.25, 0.3) is 10.9 Å². The van der Waals surface area contributed by atoms with Crippen molar-refractivity contribution < 1.29 is 4.90 Å². The fraction of sp³-hybridized carbons (Fsp3) is 0.526. The van der Waals surface area contributed by atoms with Gasteiger partial charge in [0.2, 0.25) is 0 Å². The zero-order chi connectivity index (χ0) is 15.7. The minimum absolute atomic E-state index is 0.240. The van der Waals surface area contributed by atoms with E-state index in [9.17, 15) is 4.79 Å². The number of benzene rings is 1. The molecule has 22 heavy (non-hydrogen) atoms. The number of pyridine rings is 1. The fourth-order valence-corrected chi connectivity index (χ4v) is 3.72. The van der Waals surface area contributed by atoms with E-state index in [0.29, 0.717) is 0 Å². The quantitative estimate of drug-likeness (QED) is 0.878. The van der Waals surface area contributed by atoms with E-state index >= 15 is 0 Å². The van der Waals surface area contributed by atoms with E-state index < -0.39 is 0 Å². The molecule has 1 aliphatic heterocycles. The van der Waals surface area contributed by atoms with Crippen LogP contribution in [0.3, 0.4) is 0 Å². The summed E-state index contributed by atoms with van der Waals surface area (Å²) in [6.45, 7) is 9.42. The summed E-state index contributed by atoms with van der Waals surface area (Å²) < 4.78 is 0. The van der Waals surface area contributed by atoms with Gasteiger partial charge in [-0.3, -0.25) is 4.79 Å². The van der Waals surface area contributed by atoms with E-state index in [1.165, 1.54) is 38.8 Å². The van der Waals surface area contributed by atoms with Gasteiger partial charge in [0.15, 0.2) is 5.43 Å². The summed E-state index contributed by atoms with van der Waals surface area (Å²) in [7, 11) is 0. The summed E-state index contributed by atoms with van der Waals surface area (Å²) in [5.41, 5.74) is 5.51. The minimum Gasteiger partial charge on any atom is -0.358 e. The monoisotopic (exact) mass is 299 g/mol. The Labute approximate surface area is 132 Å². The summed E-state index contributed by atoms with van der Waals surface area (Å²) in [5.74, 6) is 0. The average Bonchev–Trinajstić information content (AvgIpc) is 2.75. The van der Waals surface area contributed by atoms with Crippen molar-refractivity contribution in [1.29, 1.82) is 0 Å². The number of rotatable bonds is 2. The van der Waals surface area contributed by atoms with E-state index in [-0.39, 0.29) is 5.43 Å². The first-order valence-corrected chi connectivity index (χ1v) is 8.53. The van der Waals surface area contributed by atoms with E-state index in [2.05, 4.69) is 31.0 Å². The van der Waals surface area contributed by atoms with E-state index in [1.807, 2.05) is 6.92 Å². The van der Waals surface area contributed by atoms with Crippen molar-refractivity contribution in [2.24, 2.45) is 0 Å². The number of fused-ring (bicyclic) bond motifs is 1. The molecule has 0 bridgehead atoms. The van der Waals surface area contributed by atoms with E-state index in [4.69, 9.17) is 0 Å². The second-order valence-corrected chi connectivity index (χ2v) is 6.85. The first-order valence-electron chi connectivity index (χ1n) is 8.53. The third-order valence-electron chi connectivity index (χ3n) is 5.13. The van der Waals surface area contributed by atoms with Gasteiger partial charge in [0.25, 0.3) is 0 Å². The minimum atomic E-state index is 0.240. The number of quaternary nitrogens is 1. The second-order valence-electron chi connectivity index (χ2n) is 6.85. The van der Waals surface area contributed by atoms with Gasteiger partial charge in [-0.25, -0.2) is 0 Å². The van der Waals surface area contributed by atoms with Gasteiger partial charge in [-0.1, -0.05) is 12.1 Å². The molecule has 3 rings (SSSR count). The Morgan fingerprint density at radius 3 is 2.32 bits per heavy atom. The van der Waals surface area contributed by atoms with Crippen molar-refractivity contribution in [2.45, 2.75) is 53.0 Å². The Balaban J connectivity index is 2.06. The SMILES string of the molecule is Cc1[nH]c2c(C)ccc(C)c2c(=O)c1C[NH+]1CCCCCC1. The molecule has 0 aliphatic carbocycles. The number of hydrogen-bond acceptors (Lipinski definition) is 1. The average molecular weight is 299 g/mol. The maximum Gasteiger partial charge on any atom is 0.198 e. The van der Waals surface area contributed by atoms with Crippen LogP contribution in [0.4, 0.5) is 0 Å². The molecule has 1 fully saturated rings. The highest BCUT2D eigenvalue weighted by Gasteiger charge is 2.19. The Hall–Kier alpha value is -1.61. The number of hydrogen-bond donors (Lipinski definition) is 2. The van der Waals surface area contributed by atoms with Gasteiger partial charge in [0.05, 0.1) is 24.2 Å². The fourth-order valence-electron chi connectivity index (χ4n) is 3.72. The first-order chi connectivity index (χ1) is 10.6. The van der Waals surface area contributed by atoms with E-state index in [0.717, 1.165) is 39.8 Å². The molecule has 3 nitrogen and oxygen atoms in total. The zero-order valence-corrected chi connectivity index (χ0v) is 14.0. The molecule has 0 spiro atoms. The van der Waals surface area contributed by atoms with Gasteiger partial charge < -0.3 is 9.88 Å². The molecule has 0 unspecified atom stereocenters. The van der Waals surface area contributed by atoms with Crippen LogP contribution in [0, 0.1) is 20.8 Å². The molecule has 0 saturated carbocycles. The van der Waals surface area contributed by atoms with Gasteiger partial charge in [0, 0.05) is 11.1 Å². The van der Waals surface area contributed by atoms with Crippen LogP contribution in [0.5, 0.6) is 0 Å². The highest BCUT2D eigenvalue weighted by Crippen LogP contribution is 2.18. The summed E-state index contributed by atoms with van der Waals surface area (Å²) in [6.07, 6.45) is 5.26. The largest absolute Gasteiger partial charge is 0.358 e. The summed E-state index contributed by atoms with van der Waals surface area (Å²) in [6, 6.07) is 4.15. The lowest BCUT2D eigenvalue weighted by molar-refractivity contribution is -0.913. The molecule has 2 aromatic rings. The normalized spacial score (nSPS) is 16.9. The molecule has 0 amide bonds. The van der Waals surface area contributed by atoms with Crippen molar-refractivity contribution >= 4 is 10.9 Å². The molecule has 118 valence electrons.